The Morgan fingerprint density at radius 2 is 1.73 bits per heavy atom. The van der Waals surface area contributed by atoms with Crippen LogP contribution in [0.2, 0.25) is 0 Å². The van der Waals surface area contributed by atoms with Crippen LogP contribution in [0.1, 0.15) is 28.8 Å². The van der Waals surface area contributed by atoms with Crippen molar-refractivity contribution in [1.82, 2.24) is 0 Å². The molecule has 0 bridgehead atoms. The second kappa shape index (κ2) is 10.2. The summed E-state index contributed by atoms with van der Waals surface area (Å²) in [5.74, 6) is -1.86. The van der Waals surface area contributed by atoms with E-state index in [-0.39, 0.29) is 5.96 Å². The summed E-state index contributed by atoms with van der Waals surface area (Å²) in [5.41, 5.74) is 16.7. The Hall–Kier alpha value is -2.61. The molecule has 0 aliphatic rings. The molecule has 0 aliphatic heterocycles. The highest BCUT2D eigenvalue weighted by atomic mass is 16.4. The van der Waals surface area contributed by atoms with E-state index in [2.05, 4.69) is 4.99 Å². The molecule has 122 valence electrons. The van der Waals surface area contributed by atoms with Gasteiger partial charge >= 0.3 is 11.9 Å². The van der Waals surface area contributed by atoms with Crippen LogP contribution in [0.25, 0.3) is 0 Å². The molecule has 1 aromatic carbocycles. The SMILES string of the molecule is Cc1ccc(C(=O)O)cc1.NC(N)=NCCCC(N)C(=O)O. The molecule has 0 aliphatic carbocycles. The standard InChI is InChI=1S/C8H8O2.C6H14N4O2/c1-6-2-4-7(5-3-6)8(9)10;7-4(5(11)12)2-1-3-10-6(8)9/h2-5H,1H3,(H,9,10);4H,1-3,7H2,(H,11,12)(H4,8,9,10). The molecule has 0 saturated carbocycles. The molecule has 8 N–H and O–H groups in total. The first-order valence-electron chi connectivity index (χ1n) is 6.57. The van der Waals surface area contributed by atoms with Gasteiger partial charge in [-0.2, -0.15) is 0 Å². The lowest BCUT2D eigenvalue weighted by Crippen LogP contribution is -2.30. The van der Waals surface area contributed by atoms with Crippen LogP contribution in [0.5, 0.6) is 0 Å². The smallest absolute Gasteiger partial charge is 0.335 e. The molecule has 1 rings (SSSR count). The van der Waals surface area contributed by atoms with Gasteiger partial charge in [0, 0.05) is 6.54 Å². The van der Waals surface area contributed by atoms with Crippen molar-refractivity contribution < 1.29 is 19.8 Å². The van der Waals surface area contributed by atoms with Gasteiger partial charge in [-0.25, -0.2) is 4.79 Å². The van der Waals surface area contributed by atoms with Crippen molar-refractivity contribution in [3.8, 4) is 0 Å². The molecule has 1 aromatic rings. The second-order valence-electron chi connectivity index (χ2n) is 4.56. The summed E-state index contributed by atoms with van der Waals surface area (Å²) in [4.78, 5) is 24.2. The highest BCUT2D eigenvalue weighted by molar-refractivity contribution is 5.87. The summed E-state index contributed by atoms with van der Waals surface area (Å²) < 4.78 is 0. The van der Waals surface area contributed by atoms with E-state index in [0.29, 0.717) is 24.9 Å². The average Bonchev–Trinajstić information content (AvgIpc) is 2.44. The summed E-state index contributed by atoms with van der Waals surface area (Å²) in [6.07, 6.45) is 0.956. The van der Waals surface area contributed by atoms with Crippen molar-refractivity contribution in [3.05, 3.63) is 35.4 Å². The minimum Gasteiger partial charge on any atom is -0.480 e. The minimum absolute atomic E-state index is 0.0129. The zero-order valence-electron chi connectivity index (χ0n) is 12.4. The summed E-state index contributed by atoms with van der Waals surface area (Å²) in [6, 6.07) is 5.93. The van der Waals surface area contributed by atoms with Gasteiger partial charge in [-0.15, -0.1) is 0 Å². The topological polar surface area (TPSA) is 165 Å². The monoisotopic (exact) mass is 310 g/mol. The summed E-state index contributed by atoms with van der Waals surface area (Å²) in [7, 11) is 0. The van der Waals surface area contributed by atoms with Crippen LogP contribution in [-0.4, -0.2) is 40.7 Å². The Kier molecular flexibility index (Phi) is 8.96. The van der Waals surface area contributed by atoms with Gasteiger partial charge in [-0.1, -0.05) is 17.7 Å². The van der Waals surface area contributed by atoms with Crippen LogP contribution < -0.4 is 17.2 Å². The fraction of sp³-hybridized carbons (Fsp3) is 0.357. The van der Waals surface area contributed by atoms with Crippen molar-refractivity contribution >= 4 is 17.9 Å². The molecule has 0 spiro atoms. The van der Waals surface area contributed by atoms with Gasteiger partial charge in [-0.3, -0.25) is 9.79 Å². The maximum atomic E-state index is 10.3. The fourth-order valence-electron chi connectivity index (χ4n) is 1.34. The largest absolute Gasteiger partial charge is 0.480 e. The number of nitrogens with two attached hydrogens (primary N) is 3. The van der Waals surface area contributed by atoms with Gasteiger partial charge in [0.2, 0.25) is 0 Å². The van der Waals surface area contributed by atoms with Crippen LogP contribution in [0, 0.1) is 6.92 Å². The van der Waals surface area contributed by atoms with Crippen molar-refractivity contribution in [3.63, 3.8) is 0 Å². The number of carboxylic acids is 2. The molecule has 0 fully saturated rings. The van der Waals surface area contributed by atoms with Crippen molar-refractivity contribution in [2.75, 3.05) is 6.54 Å². The number of aliphatic imine (C=N–C) groups is 1. The Bertz CT molecular complexity index is 510. The lowest BCUT2D eigenvalue weighted by atomic mass is 10.2. The van der Waals surface area contributed by atoms with Gasteiger partial charge in [0.25, 0.3) is 0 Å². The molecule has 1 atom stereocenters. The number of aromatic carboxylic acids is 1. The van der Waals surface area contributed by atoms with Gasteiger partial charge in [0.05, 0.1) is 5.56 Å². The number of rotatable bonds is 6. The number of aryl methyl sites for hydroxylation is 1. The Balaban J connectivity index is 0.000000406. The predicted molar refractivity (Wildman–Crippen MR) is 83.7 cm³/mol. The van der Waals surface area contributed by atoms with E-state index in [4.69, 9.17) is 27.4 Å². The predicted octanol–water partition coefficient (Wildman–Crippen LogP) is 0.145. The highest BCUT2D eigenvalue weighted by Gasteiger charge is 2.09. The number of carboxylic acid groups (broad SMARTS) is 2. The molecular formula is C14H22N4O4. The van der Waals surface area contributed by atoms with Crippen molar-refractivity contribution in [2.24, 2.45) is 22.2 Å². The lowest BCUT2D eigenvalue weighted by molar-refractivity contribution is -0.138. The van der Waals surface area contributed by atoms with Crippen LogP contribution in [-0.2, 0) is 4.79 Å². The number of carbonyl (C=O) groups is 2. The number of benzene rings is 1. The zero-order chi connectivity index (χ0) is 17.1. The molecule has 0 amide bonds. The molecule has 1 unspecified atom stereocenters. The first-order valence-corrected chi connectivity index (χ1v) is 6.57. The third-order valence-corrected chi connectivity index (χ3v) is 2.58. The molecule has 8 heteroatoms. The van der Waals surface area contributed by atoms with Crippen LogP contribution in [0.4, 0.5) is 0 Å². The van der Waals surface area contributed by atoms with Gasteiger partial charge in [0.15, 0.2) is 5.96 Å². The minimum atomic E-state index is -1.00. The van der Waals surface area contributed by atoms with E-state index in [9.17, 15) is 9.59 Å². The quantitative estimate of drug-likeness (QED) is 0.283. The fourth-order valence-corrected chi connectivity index (χ4v) is 1.34. The molecule has 0 radical (unpaired) electrons. The van der Waals surface area contributed by atoms with E-state index in [1.165, 1.54) is 0 Å². The molecule has 0 aromatic heterocycles. The number of hydrogen-bond donors (Lipinski definition) is 5. The molecule has 0 heterocycles. The summed E-state index contributed by atoms with van der Waals surface area (Å²) >= 11 is 0. The lowest BCUT2D eigenvalue weighted by Gasteiger charge is -2.03. The van der Waals surface area contributed by atoms with E-state index in [0.717, 1.165) is 5.56 Å². The maximum absolute atomic E-state index is 10.3. The summed E-state index contributed by atoms with van der Waals surface area (Å²) in [5, 5.41) is 16.9. The molecule has 22 heavy (non-hydrogen) atoms. The van der Waals surface area contributed by atoms with Gasteiger partial charge in [-0.05, 0) is 31.9 Å². The first-order chi connectivity index (χ1) is 10.2. The third kappa shape index (κ3) is 9.32. The van der Waals surface area contributed by atoms with Crippen molar-refractivity contribution in [2.45, 2.75) is 25.8 Å². The third-order valence-electron chi connectivity index (χ3n) is 2.58. The van der Waals surface area contributed by atoms with Crippen molar-refractivity contribution in [1.29, 1.82) is 0 Å². The number of hydrogen-bond acceptors (Lipinski definition) is 4. The normalized spacial score (nSPS) is 10.8. The highest BCUT2D eigenvalue weighted by Crippen LogP contribution is 2.01. The van der Waals surface area contributed by atoms with E-state index in [1.54, 1.807) is 24.3 Å². The average molecular weight is 310 g/mol. The number of nitrogens with zero attached hydrogens (tertiary/aromatic N) is 1. The van der Waals surface area contributed by atoms with Gasteiger partial charge < -0.3 is 27.4 Å². The van der Waals surface area contributed by atoms with Gasteiger partial charge in [0.1, 0.15) is 6.04 Å². The van der Waals surface area contributed by atoms with Crippen LogP contribution >= 0.6 is 0 Å². The van der Waals surface area contributed by atoms with Crippen LogP contribution in [0.15, 0.2) is 29.3 Å². The molecule has 8 nitrogen and oxygen atoms in total. The Labute approximate surface area is 128 Å². The van der Waals surface area contributed by atoms with Crippen LogP contribution in [0.3, 0.4) is 0 Å². The first kappa shape index (κ1) is 19.4. The van der Waals surface area contributed by atoms with E-state index >= 15 is 0 Å². The summed E-state index contributed by atoms with van der Waals surface area (Å²) in [6.45, 7) is 2.34. The number of guanidine groups is 1. The second-order valence-corrected chi connectivity index (χ2v) is 4.56. The van der Waals surface area contributed by atoms with E-state index < -0.39 is 18.0 Å². The molecular weight excluding hydrogens is 288 g/mol. The number of aliphatic carboxylic acids is 1. The molecule has 0 saturated heterocycles. The zero-order valence-corrected chi connectivity index (χ0v) is 12.4. The van der Waals surface area contributed by atoms with E-state index in [1.807, 2.05) is 6.92 Å². The maximum Gasteiger partial charge on any atom is 0.335 e. The Morgan fingerprint density at radius 3 is 2.14 bits per heavy atom. The Morgan fingerprint density at radius 1 is 1.18 bits per heavy atom.